The molecule has 1 N–H and O–H groups in total. The van der Waals surface area contributed by atoms with Crippen LogP contribution in [0, 0.1) is 0 Å². The van der Waals surface area contributed by atoms with Crippen molar-refractivity contribution < 1.29 is 4.79 Å². The largest absolute Gasteiger partial charge is 0.325 e. The van der Waals surface area contributed by atoms with Crippen molar-refractivity contribution in [2.24, 2.45) is 7.05 Å². The fraction of sp³-hybridized carbons (Fsp3) is 0.172. The third-order valence-corrected chi connectivity index (χ3v) is 7.08. The summed E-state index contributed by atoms with van der Waals surface area (Å²) in [6.07, 6.45) is 0. The molecule has 0 spiro atoms. The van der Waals surface area contributed by atoms with Crippen LogP contribution in [0.25, 0.3) is 33.5 Å². The van der Waals surface area contributed by atoms with Crippen LogP contribution < -0.4 is 5.32 Å². The highest BCUT2D eigenvalue weighted by atomic mass is 32.2. The van der Waals surface area contributed by atoms with Crippen LogP contribution in [0.5, 0.6) is 0 Å². The Morgan fingerprint density at radius 1 is 0.944 bits per heavy atom. The van der Waals surface area contributed by atoms with Crippen molar-refractivity contribution >= 4 is 34.3 Å². The van der Waals surface area contributed by atoms with Gasteiger partial charge in [-0.3, -0.25) is 4.79 Å². The maximum Gasteiger partial charge on any atom is 0.234 e. The van der Waals surface area contributed by atoms with Gasteiger partial charge in [-0.2, -0.15) is 0 Å². The summed E-state index contributed by atoms with van der Waals surface area (Å²) in [5.41, 5.74) is 5.81. The molecule has 0 aliphatic heterocycles. The van der Waals surface area contributed by atoms with E-state index in [0.29, 0.717) is 11.1 Å². The first-order valence-corrected chi connectivity index (χ1v) is 12.9. The second-order valence-corrected chi connectivity index (χ2v) is 9.86. The Morgan fingerprint density at radius 3 is 2.42 bits per heavy atom. The number of carbonyl (C=O) groups excluding carboxylic acids is 1. The standard InChI is InChI=1S/C29H27N5OS/c1-19(2)20-13-15-22(16-14-20)30-27(35)18-36-29-33-32-28(34(29)3)24-17-26(21-9-5-4-6-10-21)31-25-12-8-7-11-23(24)25/h4-17,19H,18H2,1-3H3,(H,30,35). The number of nitrogens with zero attached hydrogens (tertiary/aromatic N) is 4. The highest BCUT2D eigenvalue weighted by Gasteiger charge is 2.17. The molecule has 180 valence electrons. The van der Waals surface area contributed by atoms with Gasteiger partial charge in [0.1, 0.15) is 0 Å². The normalized spacial score (nSPS) is 11.2. The summed E-state index contributed by atoms with van der Waals surface area (Å²) in [5.74, 6) is 1.35. The van der Waals surface area contributed by atoms with Gasteiger partial charge in [-0.1, -0.05) is 86.3 Å². The molecule has 2 aromatic heterocycles. The molecule has 0 saturated carbocycles. The average Bonchev–Trinajstić information content (AvgIpc) is 3.27. The molecule has 0 atom stereocenters. The van der Waals surface area contributed by atoms with Gasteiger partial charge >= 0.3 is 0 Å². The molecule has 0 aliphatic rings. The molecule has 3 aromatic carbocycles. The fourth-order valence-electron chi connectivity index (χ4n) is 4.07. The summed E-state index contributed by atoms with van der Waals surface area (Å²) in [5, 5.41) is 13.5. The zero-order valence-corrected chi connectivity index (χ0v) is 21.3. The van der Waals surface area contributed by atoms with Crippen LogP contribution in [0.1, 0.15) is 25.3 Å². The Balaban J connectivity index is 1.37. The lowest BCUT2D eigenvalue weighted by atomic mass is 10.0. The number of thioether (sulfide) groups is 1. The van der Waals surface area contributed by atoms with Crippen molar-refractivity contribution in [3.8, 4) is 22.6 Å². The average molecular weight is 494 g/mol. The molecule has 6 nitrogen and oxygen atoms in total. The zero-order chi connectivity index (χ0) is 25.1. The number of aromatic nitrogens is 4. The number of rotatable bonds is 7. The van der Waals surface area contributed by atoms with E-state index in [4.69, 9.17) is 4.98 Å². The van der Waals surface area contributed by atoms with E-state index in [1.807, 2.05) is 90.5 Å². The fourth-order valence-corrected chi connectivity index (χ4v) is 4.78. The molecule has 5 aromatic rings. The first-order valence-electron chi connectivity index (χ1n) is 11.9. The van der Waals surface area contributed by atoms with Crippen molar-refractivity contribution in [1.29, 1.82) is 0 Å². The van der Waals surface area contributed by atoms with Crippen molar-refractivity contribution in [2.45, 2.75) is 24.9 Å². The van der Waals surface area contributed by atoms with Crippen LogP contribution >= 0.6 is 11.8 Å². The number of benzene rings is 3. The summed E-state index contributed by atoms with van der Waals surface area (Å²) in [4.78, 5) is 17.4. The minimum absolute atomic E-state index is 0.0810. The van der Waals surface area contributed by atoms with Crippen LogP contribution in [-0.4, -0.2) is 31.4 Å². The molecular weight excluding hydrogens is 466 g/mol. The minimum atomic E-state index is -0.0810. The summed E-state index contributed by atoms with van der Waals surface area (Å²) >= 11 is 1.37. The number of pyridine rings is 1. The molecule has 0 bridgehead atoms. The summed E-state index contributed by atoms with van der Waals surface area (Å²) in [7, 11) is 1.93. The predicted molar refractivity (Wildman–Crippen MR) is 147 cm³/mol. The van der Waals surface area contributed by atoms with Crippen molar-refractivity contribution in [2.75, 3.05) is 11.1 Å². The molecule has 36 heavy (non-hydrogen) atoms. The van der Waals surface area contributed by atoms with Gasteiger partial charge in [0.2, 0.25) is 5.91 Å². The third-order valence-electron chi connectivity index (χ3n) is 6.06. The lowest BCUT2D eigenvalue weighted by molar-refractivity contribution is -0.113. The Morgan fingerprint density at radius 2 is 1.67 bits per heavy atom. The smallest absolute Gasteiger partial charge is 0.234 e. The lowest BCUT2D eigenvalue weighted by Gasteiger charge is -2.10. The lowest BCUT2D eigenvalue weighted by Crippen LogP contribution is -2.14. The Hall–Kier alpha value is -3.97. The van der Waals surface area contributed by atoms with E-state index in [0.717, 1.165) is 39.2 Å². The van der Waals surface area contributed by atoms with Crippen molar-refractivity contribution in [1.82, 2.24) is 19.7 Å². The van der Waals surface area contributed by atoms with E-state index in [1.54, 1.807) is 0 Å². The van der Waals surface area contributed by atoms with Crippen LogP contribution in [0.4, 0.5) is 5.69 Å². The van der Waals surface area contributed by atoms with Crippen LogP contribution in [0.2, 0.25) is 0 Å². The summed E-state index contributed by atoms with van der Waals surface area (Å²) < 4.78 is 1.94. The highest BCUT2D eigenvalue weighted by molar-refractivity contribution is 7.99. The number of amides is 1. The number of nitrogens with one attached hydrogen (secondary N) is 1. The van der Waals surface area contributed by atoms with Gasteiger partial charge in [-0.05, 0) is 35.7 Å². The summed E-state index contributed by atoms with van der Waals surface area (Å²) in [6, 6.07) is 28.2. The molecule has 0 unspecified atom stereocenters. The predicted octanol–water partition coefficient (Wildman–Crippen LogP) is 6.55. The number of para-hydroxylation sites is 1. The van der Waals surface area contributed by atoms with Crippen molar-refractivity contribution in [3.05, 3.63) is 90.5 Å². The summed E-state index contributed by atoms with van der Waals surface area (Å²) in [6.45, 7) is 4.30. The van der Waals surface area contributed by atoms with Crippen molar-refractivity contribution in [3.63, 3.8) is 0 Å². The molecule has 5 rings (SSSR count). The SMILES string of the molecule is CC(C)c1ccc(NC(=O)CSc2nnc(-c3cc(-c4ccccc4)nc4ccccc34)n2C)cc1. The molecular formula is C29H27N5OS. The molecule has 0 radical (unpaired) electrons. The molecule has 0 aliphatic carbocycles. The van der Waals surface area contributed by atoms with E-state index in [2.05, 4.69) is 35.4 Å². The van der Waals surface area contributed by atoms with E-state index in [9.17, 15) is 4.79 Å². The Labute approximate surface area is 214 Å². The number of anilines is 1. The topological polar surface area (TPSA) is 72.7 Å². The van der Waals surface area contributed by atoms with E-state index < -0.39 is 0 Å². The number of carbonyl (C=O) groups is 1. The second kappa shape index (κ2) is 10.3. The second-order valence-electron chi connectivity index (χ2n) is 8.92. The van der Waals surface area contributed by atoms with Gasteiger partial charge in [-0.15, -0.1) is 10.2 Å². The quantitative estimate of drug-likeness (QED) is 0.260. The Kier molecular flexibility index (Phi) is 6.82. The number of fused-ring (bicyclic) bond motifs is 1. The third kappa shape index (κ3) is 5.02. The van der Waals surface area contributed by atoms with E-state index >= 15 is 0 Å². The molecule has 0 saturated heterocycles. The Bertz CT molecular complexity index is 1510. The first kappa shape index (κ1) is 23.8. The van der Waals surface area contributed by atoms with E-state index in [1.165, 1.54) is 17.3 Å². The maximum atomic E-state index is 12.6. The molecule has 0 fully saturated rings. The van der Waals surface area contributed by atoms with Gasteiger partial charge in [0.15, 0.2) is 11.0 Å². The van der Waals surface area contributed by atoms with Crippen LogP contribution in [0.3, 0.4) is 0 Å². The van der Waals surface area contributed by atoms with Crippen LogP contribution in [0.15, 0.2) is 90.1 Å². The highest BCUT2D eigenvalue weighted by Crippen LogP contribution is 2.32. The first-order chi connectivity index (χ1) is 17.5. The molecule has 1 amide bonds. The molecule has 2 heterocycles. The van der Waals surface area contributed by atoms with Gasteiger partial charge in [-0.25, -0.2) is 4.98 Å². The van der Waals surface area contributed by atoms with Gasteiger partial charge < -0.3 is 9.88 Å². The van der Waals surface area contributed by atoms with Gasteiger partial charge in [0.25, 0.3) is 0 Å². The zero-order valence-electron chi connectivity index (χ0n) is 20.5. The number of hydrogen-bond acceptors (Lipinski definition) is 5. The van der Waals surface area contributed by atoms with Gasteiger partial charge in [0, 0.05) is 29.2 Å². The van der Waals surface area contributed by atoms with Crippen LogP contribution in [-0.2, 0) is 11.8 Å². The molecule has 7 heteroatoms. The monoisotopic (exact) mass is 493 g/mol. The number of hydrogen-bond donors (Lipinski definition) is 1. The minimum Gasteiger partial charge on any atom is -0.325 e. The van der Waals surface area contributed by atoms with Gasteiger partial charge in [0.05, 0.1) is 17.0 Å². The van der Waals surface area contributed by atoms with E-state index in [-0.39, 0.29) is 11.7 Å². The maximum absolute atomic E-state index is 12.6.